The molecule has 1 unspecified atom stereocenters. The van der Waals surface area contributed by atoms with Crippen LogP contribution in [-0.2, 0) is 0 Å². The van der Waals surface area contributed by atoms with Gasteiger partial charge in [0.25, 0.3) is 0 Å². The fraction of sp³-hybridized carbons (Fsp3) is 0.625. The van der Waals surface area contributed by atoms with Gasteiger partial charge >= 0.3 is 0 Å². The Hall–Kier alpha value is -0.470. The topological polar surface area (TPSA) is 12.0 Å². The molecule has 0 heterocycles. The van der Waals surface area contributed by atoms with Crippen LogP contribution in [0.15, 0.2) is 29.2 Å². The monoisotopic (exact) mass is 263 g/mol. The fourth-order valence-corrected chi connectivity index (χ4v) is 3.61. The van der Waals surface area contributed by atoms with Crippen molar-refractivity contribution < 1.29 is 0 Å². The van der Waals surface area contributed by atoms with E-state index in [9.17, 15) is 0 Å². The minimum absolute atomic E-state index is 0.646. The number of rotatable bonds is 5. The number of nitrogens with one attached hydrogen (secondary N) is 1. The Labute approximate surface area is 116 Å². The van der Waals surface area contributed by atoms with Crippen LogP contribution in [0.4, 0.5) is 0 Å². The maximum atomic E-state index is 3.74. The molecule has 0 radical (unpaired) electrons. The van der Waals surface area contributed by atoms with E-state index in [2.05, 4.69) is 43.4 Å². The van der Waals surface area contributed by atoms with Gasteiger partial charge in [-0.25, -0.2) is 0 Å². The summed E-state index contributed by atoms with van der Waals surface area (Å²) in [5, 5.41) is 4.39. The zero-order valence-corrected chi connectivity index (χ0v) is 12.4. The van der Waals surface area contributed by atoms with Gasteiger partial charge in [-0.2, -0.15) is 0 Å². The summed E-state index contributed by atoms with van der Waals surface area (Å²) in [6, 6.07) is 9.46. The largest absolute Gasteiger partial charge is 0.313 e. The van der Waals surface area contributed by atoms with Crippen LogP contribution in [0.2, 0.25) is 0 Å². The van der Waals surface area contributed by atoms with E-state index in [0.29, 0.717) is 5.25 Å². The highest BCUT2D eigenvalue weighted by Crippen LogP contribution is 2.26. The van der Waals surface area contributed by atoms with Crippen molar-refractivity contribution in [1.82, 2.24) is 5.32 Å². The van der Waals surface area contributed by atoms with Gasteiger partial charge in [-0.15, -0.1) is 11.8 Å². The third-order valence-electron chi connectivity index (χ3n) is 3.72. The molecule has 0 spiro atoms. The summed E-state index contributed by atoms with van der Waals surface area (Å²) in [7, 11) is 0. The van der Waals surface area contributed by atoms with E-state index in [0.717, 1.165) is 12.6 Å². The molecule has 0 saturated heterocycles. The third-order valence-corrected chi connectivity index (χ3v) is 5.00. The molecule has 1 aliphatic carbocycles. The van der Waals surface area contributed by atoms with Crippen molar-refractivity contribution in [3.63, 3.8) is 0 Å². The highest BCUT2D eigenvalue weighted by molar-refractivity contribution is 8.00. The predicted molar refractivity (Wildman–Crippen MR) is 81.4 cm³/mol. The first-order chi connectivity index (χ1) is 8.75. The Balaban J connectivity index is 1.74. The second-order valence-electron chi connectivity index (χ2n) is 5.44. The van der Waals surface area contributed by atoms with Gasteiger partial charge in [0.15, 0.2) is 0 Å². The first-order valence-electron chi connectivity index (χ1n) is 7.21. The summed E-state index contributed by atoms with van der Waals surface area (Å²) in [5.74, 6) is 0. The minimum atomic E-state index is 0.646. The van der Waals surface area contributed by atoms with Crippen molar-refractivity contribution in [2.24, 2.45) is 0 Å². The van der Waals surface area contributed by atoms with Gasteiger partial charge < -0.3 is 5.32 Å². The number of hydrogen-bond acceptors (Lipinski definition) is 2. The highest BCUT2D eigenvalue weighted by atomic mass is 32.2. The molecule has 0 aromatic heterocycles. The van der Waals surface area contributed by atoms with Crippen molar-refractivity contribution >= 4 is 11.8 Å². The molecule has 1 nitrogen and oxygen atoms in total. The molecule has 1 atom stereocenters. The molecule has 0 aliphatic heterocycles. The van der Waals surface area contributed by atoms with Crippen molar-refractivity contribution in [2.75, 3.05) is 6.54 Å². The quantitative estimate of drug-likeness (QED) is 0.790. The van der Waals surface area contributed by atoms with Crippen LogP contribution in [0.5, 0.6) is 0 Å². The van der Waals surface area contributed by atoms with Crippen molar-refractivity contribution in [1.29, 1.82) is 0 Å². The van der Waals surface area contributed by atoms with E-state index in [1.54, 1.807) is 0 Å². The van der Waals surface area contributed by atoms with Crippen LogP contribution in [-0.4, -0.2) is 17.8 Å². The molecule has 100 valence electrons. The van der Waals surface area contributed by atoms with Crippen molar-refractivity contribution in [3.8, 4) is 0 Å². The average Bonchev–Trinajstić information content (AvgIpc) is 2.40. The van der Waals surface area contributed by atoms with Crippen molar-refractivity contribution in [3.05, 3.63) is 29.8 Å². The van der Waals surface area contributed by atoms with Crippen LogP contribution < -0.4 is 5.32 Å². The molecule has 2 rings (SSSR count). The normalized spacial score (nSPS) is 18.8. The maximum absolute atomic E-state index is 3.74. The second-order valence-corrected chi connectivity index (χ2v) is 6.92. The number of benzene rings is 1. The van der Waals surface area contributed by atoms with Crippen LogP contribution in [0.25, 0.3) is 0 Å². The molecule has 0 bridgehead atoms. The molecule has 1 saturated carbocycles. The van der Waals surface area contributed by atoms with Gasteiger partial charge in [-0.3, -0.25) is 0 Å². The number of thioether (sulfide) groups is 1. The van der Waals surface area contributed by atoms with Gasteiger partial charge in [0.2, 0.25) is 0 Å². The minimum Gasteiger partial charge on any atom is -0.313 e. The van der Waals surface area contributed by atoms with E-state index in [-0.39, 0.29) is 0 Å². The van der Waals surface area contributed by atoms with E-state index in [1.807, 2.05) is 11.8 Å². The molecular weight excluding hydrogens is 238 g/mol. The highest BCUT2D eigenvalue weighted by Gasteiger charge is 2.14. The zero-order valence-electron chi connectivity index (χ0n) is 11.6. The maximum Gasteiger partial charge on any atom is 0.0191 e. The lowest BCUT2D eigenvalue weighted by atomic mass is 9.95. The van der Waals surface area contributed by atoms with E-state index < -0.39 is 0 Å². The molecule has 2 heteroatoms. The third kappa shape index (κ3) is 4.33. The van der Waals surface area contributed by atoms with Gasteiger partial charge in [0, 0.05) is 22.7 Å². The van der Waals surface area contributed by atoms with Crippen LogP contribution in [0.1, 0.15) is 44.6 Å². The molecule has 1 aromatic rings. The van der Waals surface area contributed by atoms with Gasteiger partial charge in [-0.1, -0.05) is 44.4 Å². The summed E-state index contributed by atoms with van der Waals surface area (Å²) in [6.45, 7) is 5.65. The number of hydrogen-bond donors (Lipinski definition) is 1. The first kappa shape index (κ1) is 14.0. The Bertz CT molecular complexity index is 358. The summed E-state index contributed by atoms with van der Waals surface area (Å²) in [4.78, 5) is 1.43. The van der Waals surface area contributed by atoms with E-state index >= 15 is 0 Å². The molecule has 1 fully saturated rings. The summed E-state index contributed by atoms with van der Waals surface area (Å²) >= 11 is 2.00. The molecular formula is C16H25NS. The summed E-state index contributed by atoms with van der Waals surface area (Å²) in [5.41, 5.74) is 1.40. The van der Waals surface area contributed by atoms with Crippen molar-refractivity contribution in [2.45, 2.75) is 62.1 Å². The molecule has 1 aromatic carbocycles. The average molecular weight is 263 g/mol. The van der Waals surface area contributed by atoms with E-state index in [4.69, 9.17) is 0 Å². The SMILES string of the molecule is Cc1ccccc1SC(C)CNC1CCCCC1. The zero-order chi connectivity index (χ0) is 12.8. The van der Waals surface area contributed by atoms with Gasteiger partial charge in [0.1, 0.15) is 0 Å². The molecule has 1 N–H and O–H groups in total. The van der Waals surface area contributed by atoms with Gasteiger partial charge in [0.05, 0.1) is 0 Å². The Kier molecular flexibility index (Phi) is 5.58. The van der Waals surface area contributed by atoms with Gasteiger partial charge in [-0.05, 0) is 31.4 Å². The molecule has 1 aliphatic rings. The summed E-state index contributed by atoms with van der Waals surface area (Å²) in [6.07, 6.45) is 7.02. The Morgan fingerprint density at radius 2 is 1.94 bits per heavy atom. The lowest BCUT2D eigenvalue weighted by Crippen LogP contribution is -2.35. The van der Waals surface area contributed by atoms with E-state index in [1.165, 1.54) is 42.6 Å². The Morgan fingerprint density at radius 3 is 2.67 bits per heavy atom. The lowest BCUT2D eigenvalue weighted by molar-refractivity contribution is 0.375. The predicted octanol–water partition coefficient (Wildman–Crippen LogP) is 4.40. The summed E-state index contributed by atoms with van der Waals surface area (Å²) < 4.78 is 0. The first-order valence-corrected chi connectivity index (χ1v) is 8.09. The smallest absolute Gasteiger partial charge is 0.0191 e. The lowest BCUT2D eigenvalue weighted by Gasteiger charge is -2.24. The fourth-order valence-electron chi connectivity index (χ4n) is 2.59. The standard InChI is InChI=1S/C16H25NS/c1-13-8-6-7-11-16(13)18-14(2)12-17-15-9-4-3-5-10-15/h6-8,11,14-15,17H,3-5,9-10,12H2,1-2H3. The molecule has 0 amide bonds. The van der Waals surface area contributed by atoms with Crippen LogP contribution in [0, 0.1) is 6.92 Å². The number of aryl methyl sites for hydroxylation is 1. The van der Waals surface area contributed by atoms with Crippen LogP contribution >= 0.6 is 11.8 Å². The molecule has 18 heavy (non-hydrogen) atoms. The Morgan fingerprint density at radius 1 is 1.22 bits per heavy atom. The van der Waals surface area contributed by atoms with Crippen LogP contribution in [0.3, 0.4) is 0 Å². The second kappa shape index (κ2) is 7.20.